The zero-order valence-electron chi connectivity index (χ0n) is 9.74. The van der Waals surface area contributed by atoms with Gasteiger partial charge in [0.2, 0.25) is 0 Å². The van der Waals surface area contributed by atoms with Crippen LogP contribution < -0.4 is 5.32 Å². The molecular weight excluding hydrogens is 258 g/mol. The van der Waals surface area contributed by atoms with Crippen molar-refractivity contribution < 1.29 is 9.53 Å². The van der Waals surface area contributed by atoms with Gasteiger partial charge in [-0.25, -0.2) is 0 Å². The van der Waals surface area contributed by atoms with Gasteiger partial charge in [-0.3, -0.25) is 4.79 Å². The van der Waals surface area contributed by atoms with Crippen molar-refractivity contribution in [2.75, 3.05) is 31.9 Å². The van der Waals surface area contributed by atoms with Gasteiger partial charge in [-0.2, -0.15) is 0 Å². The fraction of sp³-hybridized carbons (Fsp3) is 0.417. The SMILES string of the molecule is CSc1ccccc1C(=O)NCCOCCCl. The topological polar surface area (TPSA) is 38.3 Å². The van der Waals surface area contributed by atoms with E-state index in [1.807, 2.05) is 30.5 Å². The molecule has 0 saturated heterocycles. The van der Waals surface area contributed by atoms with Crippen LogP contribution in [0.1, 0.15) is 10.4 Å². The summed E-state index contributed by atoms with van der Waals surface area (Å²) in [5.74, 6) is 0.410. The van der Waals surface area contributed by atoms with Crippen molar-refractivity contribution in [3.8, 4) is 0 Å². The third-order valence-electron chi connectivity index (χ3n) is 2.11. The maximum absolute atomic E-state index is 11.9. The second kappa shape index (κ2) is 8.39. The number of alkyl halides is 1. The van der Waals surface area contributed by atoms with Crippen LogP contribution in [0.4, 0.5) is 0 Å². The van der Waals surface area contributed by atoms with Crippen LogP contribution in [0.5, 0.6) is 0 Å². The highest BCUT2D eigenvalue weighted by Gasteiger charge is 2.08. The largest absolute Gasteiger partial charge is 0.378 e. The molecule has 0 aromatic heterocycles. The Balaban J connectivity index is 2.41. The van der Waals surface area contributed by atoms with Crippen molar-refractivity contribution in [1.29, 1.82) is 0 Å². The van der Waals surface area contributed by atoms with Crippen LogP contribution in [0.15, 0.2) is 29.2 Å². The number of carbonyl (C=O) groups is 1. The highest BCUT2D eigenvalue weighted by Crippen LogP contribution is 2.19. The Bertz CT molecular complexity index is 360. The van der Waals surface area contributed by atoms with Gasteiger partial charge in [0.1, 0.15) is 0 Å². The second-order valence-corrected chi connectivity index (χ2v) is 4.48. The molecule has 0 radical (unpaired) electrons. The van der Waals surface area contributed by atoms with Crippen molar-refractivity contribution in [3.05, 3.63) is 29.8 Å². The summed E-state index contributed by atoms with van der Waals surface area (Å²) in [4.78, 5) is 12.8. The van der Waals surface area contributed by atoms with Crippen molar-refractivity contribution >= 4 is 29.3 Å². The number of carbonyl (C=O) groups excluding carboxylic acids is 1. The predicted molar refractivity (Wildman–Crippen MR) is 72.1 cm³/mol. The van der Waals surface area contributed by atoms with Crippen molar-refractivity contribution in [2.45, 2.75) is 4.90 Å². The summed E-state index contributed by atoms with van der Waals surface area (Å²) in [6, 6.07) is 7.54. The van der Waals surface area contributed by atoms with Crippen LogP contribution in [0.2, 0.25) is 0 Å². The molecule has 0 aliphatic heterocycles. The first kappa shape index (κ1) is 14.4. The van der Waals surface area contributed by atoms with E-state index in [1.54, 1.807) is 11.8 Å². The van der Waals surface area contributed by atoms with Crippen molar-refractivity contribution in [2.24, 2.45) is 0 Å². The Morgan fingerprint density at radius 1 is 1.41 bits per heavy atom. The Morgan fingerprint density at radius 3 is 2.88 bits per heavy atom. The van der Waals surface area contributed by atoms with Crippen molar-refractivity contribution in [3.63, 3.8) is 0 Å². The van der Waals surface area contributed by atoms with Crippen molar-refractivity contribution in [1.82, 2.24) is 5.32 Å². The highest BCUT2D eigenvalue weighted by atomic mass is 35.5. The summed E-state index contributed by atoms with van der Waals surface area (Å²) in [6.45, 7) is 1.50. The lowest BCUT2D eigenvalue weighted by Gasteiger charge is -2.08. The van der Waals surface area contributed by atoms with E-state index >= 15 is 0 Å². The number of hydrogen-bond acceptors (Lipinski definition) is 3. The molecule has 0 aliphatic carbocycles. The third kappa shape index (κ3) is 4.98. The van der Waals surface area contributed by atoms with Crippen LogP contribution in [0, 0.1) is 0 Å². The van der Waals surface area contributed by atoms with Crippen LogP contribution in [0.3, 0.4) is 0 Å². The van der Waals surface area contributed by atoms with E-state index in [2.05, 4.69) is 5.32 Å². The fourth-order valence-corrected chi connectivity index (χ4v) is 2.03. The Morgan fingerprint density at radius 2 is 2.18 bits per heavy atom. The van der Waals surface area contributed by atoms with E-state index in [0.717, 1.165) is 4.90 Å². The molecular formula is C12H16ClNO2S. The number of nitrogens with one attached hydrogen (secondary N) is 1. The molecule has 0 bridgehead atoms. The van der Waals surface area contributed by atoms with E-state index in [0.29, 0.717) is 31.2 Å². The van der Waals surface area contributed by atoms with Gasteiger partial charge >= 0.3 is 0 Å². The zero-order chi connectivity index (χ0) is 12.5. The minimum absolute atomic E-state index is 0.0653. The zero-order valence-corrected chi connectivity index (χ0v) is 11.3. The van der Waals surface area contributed by atoms with Gasteiger partial charge in [0.05, 0.1) is 18.8 Å². The fourth-order valence-electron chi connectivity index (χ4n) is 1.32. The summed E-state index contributed by atoms with van der Waals surface area (Å²) in [5.41, 5.74) is 0.706. The molecule has 1 amide bonds. The van der Waals surface area contributed by atoms with E-state index in [4.69, 9.17) is 16.3 Å². The summed E-state index contributed by atoms with van der Waals surface area (Å²) in [5, 5.41) is 2.81. The van der Waals surface area contributed by atoms with Crippen LogP contribution in [0.25, 0.3) is 0 Å². The number of hydrogen-bond donors (Lipinski definition) is 1. The van der Waals surface area contributed by atoms with E-state index < -0.39 is 0 Å². The molecule has 5 heteroatoms. The first-order chi connectivity index (χ1) is 8.29. The molecule has 0 unspecified atom stereocenters. The average molecular weight is 274 g/mol. The number of halogens is 1. The molecule has 1 aromatic carbocycles. The van der Waals surface area contributed by atoms with E-state index in [9.17, 15) is 4.79 Å². The molecule has 0 heterocycles. The van der Waals surface area contributed by atoms with Gasteiger partial charge in [0, 0.05) is 17.3 Å². The molecule has 0 atom stereocenters. The van der Waals surface area contributed by atoms with Gasteiger partial charge in [-0.1, -0.05) is 12.1 Å². The van der Waals surface area contributed by atoms with Crippen LogP contribution >= 0.6 is 23.4 Å². The standard InChI is InChI=1S/C12H16ClNO2S/c1-17-11-5-3-2-4-10(11)12(15)14-7-9-16-8-6-13/h2-5H,6-9H2,1H3,(H,14,15). The maximum Gasteiger partial charge on any atom is 0.252 e. The lowest BCUT2D eigenvalue weighted by atomic mass is 10.2. The molecule has 3 nitrogen and oxygen atoms in total. The number of thioether (sulfide) groups is 1. The molecule has 0 fully saturated rings. The second-order valence-electron chi connectivity index (χ2n) is 3.26. The molecule has 17 heavy (non-hydrogen) atoms. The molecule has 0 saturated carbocycles. The summed E-state index contributed by atoms with van der Waals surface area (Å²) >= 11 is 7.02. The lowest BCUT2D eigenvalue weighted by molar-refractivity contribution is 0.0920. The molecule has 0 spiro atoms. The van der Waals surface area contributed by atoms with Gasteiger partial charge < -0.3 is 10.1 Å². The Kier molecular flexibility index (Phi) is 7.08. The van der Waals surface area contributed by atoms with Gasteiger partial charge in [0.15, 0.2) is 0 Å². The monoisotopic (exact) mass is 273 g/mol. The smallest absolute Gasteiger partial charge is 0.252 e. The van der Waals surface area contributed by atoms with Gasteiger partial charge in [-0.05, 0) is 18.4 Å². The Hall–Kier alpha value is -0.710. The first-order valence-corrected chi connectivity index (χ1v) is 7.10. The molecule has 1 N–H and O–H groups in total. The number of benzene rings is 1. The van der Waals surface area contributed by atoms with Crippen LogP contribution in [-0.4, -0.2) is 37.8 Å². The molecule has 1 aromatic rings. The van der Waals surface area contributed by atoms with E-state index in [-0.39, 0.29) is 5.91 Å². The first-order valence-electron chi connectivity index (χ1n) is 5.34. The van der Waals surface area contributed by atoms with E-state index in [1.165, 1.54) is 0 Å². The lowest BCUT2D eigenvalue weighted by Crippen LogP contribution is -2.27. The molecule has 94 valence electrons. The molecule has 0 aliphatic rings. The highest BCUT2D eigenvalue weighted by molar-refractivity contribution is 7.98. The maximum atomic E-state index is 11.9. The number of ether oxygens (including phenoxy) is 1. The Labute approximate surface area is 111 Å². The van der Waals surface area contributed by atoms with Gasteiger partial charge in [0.25, 0.3) is 5.91 Å². The van der Waals surface area contributed by atoms with Crippen LogP contribution in [-0.2, 0) is 4.74 Å². The van der Waals surface area contributed by atoms with Gasteiger partial charge in [-0.15, -0.1) is 23.4 Å². The normalized spacial score (nSPS) is 10.2. The minimum Gasteiger partial charge on any atom is -0.378 e. The quantitative estimate of drug-likeness (QED) is 0.471. The number of amides is 1. The summed E-state index contributed by atoms with van der Waals surface area (Å²) < 4.78 is 5.17. The number of rotatable bonds is 7. The average Bonchev–Trinajstić information content (AvgIpc) is 2.38. The summed E-state index contributed by atoms with van der Waals surface area (Å²) in [6.07, 6.45) is 1.95. The minimum atomic E-state index is -0.0653. The molecule has 1 rings (SSSR count). The third-order valence-corrected chi connectivity index (χ3v) is 3.06. The summed E-state index contributed by atoms with van der Waals surface area (Å²) in [7, 11) is 0. The predicted octanol–water partition coefficient (Wildman–Crippen LogP) is 2.39.